The van der Waals surface area contributed by atoms with Gasteiger partial charge in [0, 0.05) is 34.6 Å². The molecule has 2 aromatic carbocycles. The number of pyridine rings is 1. The van der Waals surface area contributed by atoms with Gasteiger partial charge in [0.1, 0.15) is 0 Å². The van der Waals surface area contributed by atoms with Crippen LogP contribution in [0.15, 0.2) is 76.4 Å². The number of hydrogen-bond acceptors (Lipinski definition) is 4. The molecule has 0 spiro atoms. The van der Waals surface area contributed by atoms with Gasteiger partial charge in [-0.05, 0) is 48.5 Å². The standard InChI is InChI=1S/C10H8BrNO.C9H8N2O2S/c1-7(13)12-5-4-8-6-9(11)2-3-10(8)12;10-14(12,13)8-3-4-9-7(6-8)2-1-5-11-9/h2-6H,1H3;1-6H,(H2,10,12,13). The molecule has 0 amide bonds. The van der Waals surface area contributed by atoms with Gasteiger partial charge in [0.15, 0.2) is 0 Å². The summed E-state index contributed by atoms with van der Waals surface area (Å²) < 4.78 is 24.7. The van der Waals surface area contributed by atoms with Crippen LogP contribution in [0.25, 0.3) is 21.8 Å². The van der Waals surface area contributed by atoms with E-state index in [0.29, 0.717) is 0 Å². The Morgan fingerprint density at radius 1 is 1.07 bits per heavy atom. The van der Waals surface area contributed by atoms with Crippen LogP contribution in [-0.2, 0) is 10.0 Å². The van der Waals surface area contributed by atoms with Gasteiger partial charge < -0.3 is 0 Å². The Bertz CT molecular complexity index is 1250. The smallest absolute Gasteiger partial charge is 0.238 e. The Kier molecular flexibility index (Phi) is 5.41. The maximum absolute atomic E-state index is 11.2. The van der Waals surface area contributed by atoms with Crippen LogP contribution in [0.4, 0.5) is 0 Å². The third-order valence-electron chi connectivity index (χ3n) is 3.89. The van der Waals surface area contributed by atoms with Crippen LogP contribution in [0.2, 0.25) is 0 Å². The highest BCUT2D eigenvalue weighted by atomic mass is 79.9. The van der Waals surface area contributed by atoms with Crippen LogP contribution >= 0.6 is 15.9 Å². The summed E-state index contributed by atoms with van der Waals surface area (Å²) >= 11 is 3.38. The molecular formula is C19H16BrN3O3S. The third kappa shape index (κ3) is 4.41. The number of primary sulfonamides is 1. The molecule has 0 bridgehead atoms. The molecule has 0 radical (unpaired) electrons. The van der Waals surface area contributed by atoms with Gasteiger partial charge in [-0.1, -0.05) is 22.0 Å². The third-order valence-corrected chi connectivity index (χ3v) is 5.30. The maximum Gasteiger partial charge on any atom is 0.238 e. The molecule has 8 heteroatoms. The quantitative estimate of drug-likeness (QED) is 0.479. The van der Waals surface area contributed by atoms with Crippen LogP contribution in [0.5, 0.6) is 0 Å². The van der Waals surface area contributed by atoms with E-state index in [4.69, 9.17) is 5.14 Å². The average molecular weight is 446 g/mol. The summed E-state index contributed by atoms with van der Waals surface area (Å²) in [5, 5.41) is 6.84. The molecular weight excluding hydrogens is 430 g/mol. The topological polar surface area (TPSA) is 95.0 Å². The summed E-state index contributed by atoms with van der Waals surface area (Å²) in [4.78, 5) is 15.3. The molecule has 0 atom stereocenters. The molecule has 0 aliphatic rings. The maximum atomic E-state index is 11.2. The summed E-state index contributed by atoms with van der Waals surface area (Å²) in [5.41, 5.74) is 1.70. The lowest BCUT2D eigenvalue weighted by atomic mass is 10.2. The first-order valence-corrected chi connectivity index (χ1v) is 10.2. The molecule has 6 nitrogen and oxygen atoms in total. The van der Waals surface area contributed by atoms with E-state index >= 15 is 0 Å². The number of aromatic nitrogens is 2. The highest BCUT2D eigenvalue weighted by Gasteiger charge is 2.07. The first kappa shape index (κ1) is 19.2. The van der Waals surface area contributed by atoms with Crippen molar-refractivity contribution >= 4 is 53.7 Å². The fourth-order valence-corrected chi connectivity index (χ4v) is 3.55. The van der Waals surface area contributed by atoms with Gasteiger partial charge in [-0.15, -0.1) is 0 Å². The normalized spacial score (nSPS) is 11.2. The fraction of sp³-hybridized carbons (Fsp3) is 0.0526. The van der Waals surface area contributed by atoms with Crippen molar-refractivity contribution in [1.29, 1.82) is 0 Å². The Balaban J connectivity index is 0.000000156. The highest BCUT2D eigenvalue weighted by molar-refractivity contribution is 9.10. The summed E-state index contributed by atoms with van der Waals surface area (Å²) in [6.45, 7) is 1.56. The molecule has 4 rings (SSSR count). The van der Waals surface area contributed by atoms with Crippen LogP contribution < -0.4 is 5.14 Å². The van der Waals surface area contributed by atoms with Crippen LogP contribution in [0, 0.1) is 0 Å². The van der Waals surface area contributed by atoms with Crippen molar-refractivity contribution in [3.63, 3.8) is 0 Å². The van der Waals surface area contributed by atoms with Gasteiger partial charge in [0.25, 0.3) is 0 Å². The van der Waals surface area contributed by atoms with E-state index in [1.807, 2.05) is 24.3 Å². The second kappa shape index (κ2) is 7.59. The Morgan fingerprint density at radius 2 is 1.85 bits per heavy atom. The van der Waals surface area contributed by atoms with E-state index in [1.54, 1.807) is 42.1 Å². The van der Waals surface area contributed by atoms with Crippen LogP contribution in [-0.4, -0.2) is 23.9 Å². The van der Waals surface area contributed by atoms with Crippen molar-refractivity contribution in [2.75, 3.05) is 0 Å². The fourth-order valence-electron chi connectivity index (χ4n) is 2.62. The summed E-state index contributed by atoms with van der Waals surface area (Å²) in [6.07, 6.45) is 3.44. The second-order valence-electron chi connectivity index (χ2n) is 5.81. The lowest BCUT2D eigenvalue weighted by Crippen LogP contribution is -2.11. The zero-order valence-corrected chi connectivity index (χ0v) is 16.7. The molecule has 0 unspecified atom stereocenters. The molecule has 0 saturated carbocycles. The van der Waals surface area contributed by atoms with Gasteiger partial charge in [-0.3, -0.25) is 14.3 Å². The van der Waals surface area contributed by atoms with Gasteiger partial charge in [-0.2, -0.15) is 0 Å². The van der Waals surface area contributed by atoms with E-state index in [-0.39, 0.29) is 10.8 Å². The van der Waals surface area contributed by atoms with Crippen molar-refractivity contribution in [1.82, 2.24) is 9.55 Å². The summed E-state index contributed by atoms with van der Waals surface area (Å²) in [7, 11) is -3.62. The lowest BCUT2D eigenvalue weighted by molar-refractivity contribution is 0.0941. The number of fused-ring (bicyclic) bond motifs is 2. The van der Waals surface area contributed by atoms with Gasteiger partial charge >= 0.3 is 0 Å². The largest absolute Gasteiger partial charge is 0.287 e. The number of nitrogens with zero attached hydrogens (tertiary/aromatic N) is 2. The number of rotatable bonds is 1. The minimum atomic E-state index is -3.62. The SMILES string of the molecule is CC(=O)n1ccc2cc(Br)ccc21.NS(=O)(=O)c1ccc2ncccc2c1. The first-order chi connectivity index (χ1) is 12.8. The Labute approximate surface area is 164 Å². The van der Waals surface area contributed by atoms with E-state index in [2.05, 4.69) is 20.9 Å². The second-order valence-corrected chi connectivity index (χ2v) is 8.29. The van der Waals surface area contributed by atoms with Crippen LogP contribution in [0.3, 0.4) is 0 Å². The van der Waals surface area contributed by atoms with Crippen molar-refractivity contribution in [2.45, 2.75) is 11.8 Å². The molecule has 27 heavy (non-hydrogen) atoms. The van der Waals surface area contributed by atoms with Crippen LogP contribution in [0.1, 0.15) is 11.7 Å². The number of sulfonamides is 1. The minimum Gasteiger partial charge on any atom is -0.287 e. The Morgan fingerprint density at radius 3 is 2.56 bits per heavy atom. The molecule has 2 aromatic heterocycles. The average Bonchev–Trinajstić information content (AvgIpc) is 3.04. The molecule has 0 saturated heterocycles. The van der Waals surface area contributed by atoms with Gasteiger partial charge in [-0.25, -0.2) is 13.6 Å². The predicted octanol–water partition coefficient (Wildman–Crippen LogP) is 3.95. The molecule has 138 valence electrons. The summed E-state index contributed by atoms with van der Waals surface area (Å²) in [6, 6.07) is 15.9. The zero-order valence-electron chi connectivity index (χ0n) is 14.3. The lowest BCUT2D eigenvalue weighted by Gasteiger charge is -1.99. The van der Waals surface area contributed by atoms with E-state index < -0.39 is 10.0 Å². The summed E-state index contributed by atoms with van der Waals surface area (Å²) in [5.74, 6) is 0.0392. The number of halogens is 1. The highest BCUT2D eigenvalue weighted by Crippen LogP contribution is 2.20. The number of carbonyl (C=O) groups excluding carboxylic acids is 1. The number of benzene rings is 2. The van der Waals surface area contributed by atoms with Crippen molar-refractivity contribution < 1.29 is 13.2 Å². The van der Waals surface area contributed by atoms with Gasteiger partial charge in [0.2, 0.25) is 15.9 Å². The molecule has 0 aliphatic heterocycles. The van der Waals surface area contributed by atoms with Gasteiger partial charge in [0.05, 0.1) is 15.9 Å². The molecule has 4 aromatic rings. The van der Waals surface area contributed by atoms with Crippen molar-refractivity contribution in [3.8, 4) is 0 Å². The zero-order chi connectivity index (χ0) is 19.6. The van der Waals surface area contributed by atoms with Crippen molar-refractivity contribution in [3.05, 3.63) is 71.5 Å². The first-order valence-electron chi connectivity index (χ1n) is 7.91. The minimum absolute atomic E-state index is 0.0392. The number of carbonyl (C=O) groups is 1. The predicted molar refractivity (Wildman–Crippen MR) is 109 cm³/mol. The molecule has 2 heterocycles. The molecule has 0 fully saturated rings. The monoisotopic (exact) mass is 445 g/mol. The van der Waals surface area contributed by atoms with Crippen molar-refractivity contribution in [2.24, 2.45) is 5.14 Å². The Hall–Kier alpha value is -2.55. The number of hydrogen-bond donors (Lipinski definition) is 1. The molecule has 0 aliphatic carbocycles. The van der Waals surface area contributed by atoms with E-state index in [0.717, 1.165) is 26.3 Å². The van der Waals surface area contributed by atoms with E-state index in [1.165, 1.54) is 12.1 Å². The van der Waals surface area contributed by atoms with E-state index in [9.17, 15) is 13.2 Å². The molecule has 2 N–H and O–H groups in total. The number of nitrogens with two attached hydrogens (primary N) is 1.